The minimum atomic E-state index is -1.50. The summed E-state index contributed by atoms with van der Waals surface area (Å²) in [6.45, 7) is 2.08. The van der Waals surface area contributed by atoms with Gasteiger partial charge in [-0.3, -0.25) is 24.1 Å². The molecule has 3 rings (SSSR count). The molecule has 0 aromatic heterocycles. The molecule has 0 saturated heterocycles. The van der Waals surface area contributed by atoms with Crippen LogP contribution in [0, 0.1) is 11.8 Å². The molecule has 0 aliphatic carbocycles. The van der Waals surface area contributed by atoms with Crippen LogP contribution in [-0.4, -0.2) is 41.4 Å². The average Bonchev–Trinajstić information content (AvgIpc) is 2.79. The van der Waals surface area contributed by atoms with Gasteiger partial charge in [0.05, 0.1) is 17.8 Å². The van der Waals surface area contributed by atoms with Crippen LogP contribution in [0.5, 0.6) is 0 Å². The van der Waals surface area contributed by atoms with Crippen molar-refractivity contribution in [3.63, 3.8) is 0 Å². The number of halogens is 2. The van der Waals surface area contributed by atoms with Crippen LogP contribution in [0.4, 0.5) is 15.8 Å². The molecule has 1 heterocycles. The molecule has 1 aliphatic rings. The molecule has 180 valence electrons. The summed E-state index contributed by atoms with van der Waals surface area (Å²) >= 11 is 7.70. The first-order chi connectivity index (χ1) is 16.1. The monoisotopic (exact) mass is 506 g/mol. The number of benzene rings is 2. The van der Waals surface area contributed by atoms with E-state index in [0.29, 0.717) is 16.4 Å². The van der Waals surface area contributed by atoms with E-state index < -0.39 is 42.7 Å². The molecule has 7 nitrogen and oxygen atoms in total. The van der Waals surface area contributed by atoms with Gasteiger partial charge in [0, 0.05) is 27.2 Å². The van der Waals surface area contributed by atoms with Crippen LogP contribution in [0.25, 0.3) is 0 Å². The maximum Gasteiger partial charge on any atom is 0.305 e. The van der Waals surface area contributed by atoms with Gasteiger partial charge >= 0.3 is 5.97 Å². The van der Waals surface area contributed by atoms with Gasteiger partial charge in [0.15, 0.2) is 5.78 Å². The minimum absolute atomic E-state index is 0.210. The number of aliphatic carboxylic acids is 1. The van der Waals surface area contributed by atoms with Gasteiger partial charge < -0.3 is 10.4 Å². The molecular weight excluding hydrogens is 483 g/mol. The number of rotatable bonds is 9. The summed E-state index contributed by atoms with van der Waals surface area (Å²) in [7, 11) is 0. The van der Waals surface area contributed by atoms with E-state index in [9.17, 15) is 23.6 Å². The molecule has 0 spiro atoms. The highest BCUT2D eigenvalue weighted by atomic mass is 35.5. The number of fused-ring (bicyclic) bond motifs is 2. The number of carbonyl (C=O) groups excluding carboxylic acids is 3. The molecule has 2 aromatic carbocycles. The Morgan fingerprint density at radius 1 is 1.06 bits per heavy atom. The number of nitrogens with zero attached hydrogens (tertiary/aromatic N) is 1. The maximum atomic E-state index is 13.6. The zero-order valence-corrected chi connectivity index (χ0v) is 20.2. The zero-order valence-electron chi connectivity index (χ0n) is 18.6. The summed E-state index contributed by atoms with van der Waals surface area (Å²) < 4.78 is 12.9. The number of carbonyl (C=O) groups is 4. The van der Waals surface area contributed by atoms with Crippen molar-refractivity contribution < 1.29 is 28.7 Å². The first-order valence-electron chi connectivity index (χ1n) is 10.6. The second-order valence-electron chi connectivity index (χ2n) is 8.22. The third-order valence-corrected chi connectivity index (χ3v) is 6.85. The fourth-order valence-corrected chi connectivity index (χ4v) is 4.90. The molecule has 0 bridgehead atoms. The minimum Gasteiger partial charge on any atom is -0.481 e. The highest BCUT2D eigenvalue weighted by molar-refractivity contribution is 7.99. The van der Waals surface area contributed by atoms with Crippen LogP contribution in [0.1, 0.15) is 26.7 Å². The maximum absolute atomic E-state index is 13.6. The van der Waals surface area contributed by atoms with E-state index in [1.54, 1.807) is 38.1 Å². The molecule has 2 amide bonds. The van der Waals surface area contributed by atoms with Gasteiger partial charge in [-0.05, 0) is 36.2 Å². The second-order valence-corrected chi connectivity index (χ2v) is 9.74. The summed E-state index contributed by atoms with van der Waals surface area (Å²) in [5, 5.41) is 11.8. The molecule has 1 aliphatic heterocycles. The van der Waals surface area contributed by atoms with E-state index in [1.807, 2.05) is 18.2 Å². The molecule has 0 radical (unpaired) electrons. The lowest BCUT2D eigenvalue weighted by Crippen LogP contribution is -2.47. The number of amides is 2. The van der Waals surface area contributed by atoms with Crippen molar-refractivity contribution in [3.8, 4) is 0 Å². The molecular formula is C24H24ClFN2O5S. The fraction of sp³-hybridized carbons (Fsp3) is 0.333. The Balaban J connectivity index is 1.89. The summed E-state index contributed by atoms with van der Waals surface area (Å²) in [6, 6.07) is 11.1. The van der Waals surface area contributed by atoms with Gasteiger partial charge in [0.25, 0.3) is 0 Å². The third-order valence-electron chi connectivity index (χ3n) is 5.49. The number of carboxylic acid groups (broad SMARTS) is 1. The largest absolute Gasteiger partial charge is 0.481 e. The van der Waals surface area contributed by atoms with E-state index in [2.05, 4.69) is 5.32 Å². The number of Topliss-reactive ketones (excluding diaryl/α,β-unsaturated/α-hetero) is 1. The van der Waals surface area contributed by atoms with Gasteiger partial charge in [0.2, 0.25) is 11.8 Å². The van der Waals surface area contributed by atoms with E-state index in [4.69, 9.17) is 16.7 Å². The Hall–Kier alpha value is -2.91. The predicted octanol–water partition coefficient (Wildman–Crippen LogP) is 4.63. The number of hydrogen-bond acceptors (Lipinski definition) is 5. The number of alkyl halides is 1. The normalized spacial score (nSPS) is 14.1. The van der Waals surface area contributed by atoms with Crippen LogP contribution in [0.15, 0.2) is 52.3 Å². The molecule has 2 aromatic rings. The summed E-state index contributed by atoms with van der Waals surface area (Å²) in [6.07, 6.45) is -0.950. The van der Waals surface area contributed by atoms with E-state index >= 15 is 0 Å². The Morgan fingerprint density at radius 2 is 1.74 bits per heavy atom. The number of nitrogens with one attached hydrogen (secondary N) is 1. The highest BCUT2D eigenvalue weighted by Gasteiger charge is 2.34. The highest BCUT2D eigenvalue weighted by Crippen LogP contribution is 2.49. The SMILES string of the molecule is CC(C)C(CC(=O)N1c2ccccc2Sc2ccc(Cl)cc21)C(=O)NC(CC(=O)O)C(=O)CF. The van der Waals surface area contributed by atoms with E-state index in [1.165, 1.54) is 16.7 Å². The smallest absolute Gasteiger partial charge is 0.305 e. The van der Waals surface area contributed by atoms with Crippen molar-refractivity contribution in [2.45, 2.75) is 42.5 Å². The molecule has 0 saturated carbocycles. The summed E-state index contributed by atoms with van der Waals surface area (Å²) in [5.74, 6) is -4.61. The van der Waals surface area contributed by atoms with Gasteiger partial charge in [-0.1, -0.05) is 49.3 Å². The van der Waals surface area contributed by atoms with Crippen molar-refractivity contribution in [2.24, 2.45) is 11.8 Å². The topological polar surface area (TPSA) is 104 Å². The molecule has 2 atom stereocenters. The van der Waals surface area contributed by atoms with Crippen LogP contribution in [0.3, 0.4) is 0 Å². The second kappa shape index (κ2) is 11.0. The summed E-state index contributed by atoms with van der Waals surface area (Å²) in [4.78, 5) is 52.7. The number of carboxylic acids is 1. The van der Waals surface area contributed by atoms with Crippen LogP contribution >= 0.6 is 23.4 Å². The number of para-hydroxylation sites is 1. The first-order valence-corrected chi connectivity index (χ1v) is 11.8. The van der Waals surface area contributed by atoms with Crippen molar-refractivity contribution in [1.82, 2.24) is 5.32 Å². The predicted molar refractivity (Wildman–Crippen MR) is 127 cm³/mol. The Kier molecular flexibility index (Phi) is 8.33. The van der Waals surface area contributed by atoms with Gasteiger partial charge in [-0.2, -0.15) is 0 Å². The molecule has 0 fully saturated rings. The lowest BCUT2D eigenvalue weighted by Gasteiger charge is -2.32. The van der Waals surface area contributed by atoms with Gasteiger partial charge in [0.1, 0.15) is 12.7 Å². The fourth-order valence-electron chi connectivity index (χ4n) is 3.70. The molecule has 34 heavy (non-hydrogen) atoms. The summed E-state index contributed by atoms with van der Waals surface area (Å²) in [5.41, 5.74) is 1.26. The number of ketones is 1. The van der Waals surface area contributed by atoms with Crippen molar-refractivity contribution in [1.29, 1.82) is 0 Å². The average molecular weight is 507 g/mol. The van der Waals surface area contributed by atoms with Crippen molar-refractivity contribution in [2.75, 3.05) is 11.6 Å². The van der Waals surface area contributed by atoms with Crippen molar-refractivity contribution >= 4 is 58.3 Å². The van der Waals surface area contributed by atoms with Crippen LogP contribution < -0.4 is 10.2 Å². The van der Waals surface area contributed by atoms with E-state index in [0.717, 1.165) is 9.79 Å². The molecule has 2 unspecified atom stereocenters. The molecule has 2 N–H and O–H groups in total. The first kappa shape index (κ1) is 25.7. The number of hydrogen-bond donors (Lipinski definition) is 2. The Morgan fingerprint density at radius 3 is 2.38 bits per heavy atom. The Labute approximate surface area is 205 Å². The van der Waals surface area contributed by atoms with Crippen LogP contribution in [0.2, 0.25) is 5.02 Å². The van der Waals surface area contributed by atoms with Crippen molar-refractivity contribution in [3.05, 3.63) is 47.5 Å². The lowest BCUT2D eigenvalue weighted by molar-refractivity contribution is -0.141. The quantitative estimate of drug-likeness (QED) is 0.514. The lowest BCUT2D eigenvalue weighted by atomic mass is 9.90. The van der Waals surface area contributed by atoms with E-state index in [-0.39, 0.29) is 18.2 Å². The third kappa shape index (κ3) is 5.77. The Bertz CT molecular complexity index is 1130. The molecule has 10 heteroatoms. The van der Waals surface area contributed by atoms with Gasteiger partial charge in [-0.15, -0.1) is 0 Å². The van der Waals surface area contributed by atoms with Gasteiger partial charge in [-0.25, -0.2) is 4.39 Å². The standard InChI is InChI=1S/C24H24ClFN2O5S/c1-13(2)15(24(33)27-16(11-23(31)32)19(29)12-26)10-22(30)28-17-5-3-4-6-20(17)34-21-8-7-14(25)9-18(21)28/h3-9,13,15-16H,10-12H2,1-2H3,(H,27,33)(H,31,32). The number of anilines is 2. The zero-order chi connectivity index (χ0) is 25.0. The van der Waals surface area contributed by atoms with Crippen LogP contribution in [-0.2, 0) is 19.2 Å².